The number of anilines is 1. The highest BCUT2D eigenvalue weighted by Gasteiger charge is 2.22. The number of fused-ring (bicyclic) bond motifs is 4. The number of benzene rings is 4. The predicted molar refractivity (Wildman–Crippen MR) is 304 cm³/mol. The Morgan fingerprint density at radius 2 is 1.18 bits per heavy atom. The number of rotatable bonds is 11. The van der Waals surface area contributed by atoms with Gasteiger partial charge in [-0.2, -0.15) is 0 Å². The molecule has 0 spiro atoms. The summed E-state index contributed by atoms with van der Waals surface area (Å²) in [6.07, 6.45) is 4.91. The van der Waals surface area contributed by atoms with Crippen LogP contribution >= 0.6 is 23.2 Å². The summed E-state index contributed by atoms with van der Waals surface area (Å²) >= 11 is 14.0. The molecule has 0 bridgehead atoms. The number of H-pyrrole nitrogens is 2. The second kappa shape index (κ2) is 19.8. The van der Waals surface area contributed by atoms with Crippen molar-refractivity contribution >= 4 is 82.8 Å². The number of hydrogen-bond donors (Lipinski definition) is 3. The number of pyridine rings is 7. The van der Waals surface area contributed by atoms with Crippen LogP contribution in [-0.4, -0.2) is 86.3 Å². The van der Waals surface area contributed by atoms with Crippen LogP contribution in [0.3, 0.4) is 0 Å². The second-order valence-electron chi connectivity index (χ2n) is 19.3. The minimum atomic E-state index is -4.01. The minimum Gasteiger partial charge on any atom is -0.306 e. The van der Waals surface area contributed by atoms with Gasteiger partial charge in [0.1, 0.15) is 11.3 Å². The molecule has 4 aromatic carbocycles. The van der Waals surface area contributed by atoms with Crippen molar-refractivity contribution in [2.75, 3.05) is 37.9 Å². The first-order valence-corrected chi connectivity index (χ1v) is 27.0. The fourth-order valence-electron chi connectivity index (χ4n) is 9.92. The highest BCUT2D eigenvalue weighted by molar-refractivity contribution is 7.91. The quantitative estimate of drug-likeness (QED) is 0.112. The zero-order valence-electron chi connectivity index (χ0n) is 41.1. The fraction of sp³-hybridized carbons (Fsp3) is 0.136. The number of likely N-dealkylation sites (N-methyl/N-ethyl adjacent to an activating group) is 1. The average Bonchev–Trinajstić information content (AvgIpc) is 3.50. The van der Waals surface area contributed by atoms with Gasteiger partial charge in [-0.05, 0) is 110 Å². The van der Waals surface area contributed by atoms with E-state index in [2.05, 4.69) is 59.7 Å². The van der Waals surface area contributed by atoms with Crippen LogP contribution in [0.5, 0.6) is 0 Å². The summed E-state index contributed by atoms with van der Waals surface area (Å²) < 4.78 is 29.3. The summed E-state index contributed by atoms with van der Waals surface area (Å²) in [6.45, 7) is 6.00. The maximum atomic E-state index is 13.7. The lowest BCUT2D eigenvalue weighted by Crippen LogP contribution is -2.44. The van der Waals surface area contributed by atoms with Crippen molar-refractivity contribution in [2.24, 2.45) is 0 Å². The SMILES string of the molecule is Cc1ccc(NS(=O)(=O)Cc2cc3cc(-c4cc(Cl)c5ncccc5c4)c(-c4cccc(-c5cnc6c(Cl)cc(-c7cc8cc(CN9CCN(C)CC9)c(=O)[nH]c8nc7-c7ccccc7)cc6c5)c4)nc3[nH]c2=O)cn1. The summed E-state index contributed by atoms with van der Waals surface area (Å²) in [7, 11) is -1.90. The Morgan fingerprint density at radius 1 is 0.566 bits per heavy atom. The number of nitrogens with one attached hydrogen (secondary N) is 3. The summed E-state index contributed by atoms with van der Waals surface area (Å²) in [5, 5.41) is 3.84. The van der Waals surface area contributed by atoms with Gasteiger partial charge >= 0.3 is 0 Å². The Bertz CT molecular complexity index is 4360. The molecule has 7 aromatic heterocycles. The maximum Gasteiger partial charge on any atom is 0.254 e. The standard InChI is InChI=1S/C59H46Cl2N10O4S/c1-34-13-14-47(31-63-34)69-76(74,75)33-46-25-43-27-49(39-21-38-12-7-15-62-54(38)50(60)28-39)53(66-57(43)68-59(46)73)37-11-6-10-36(20-37)44-23-41-22-40(29-51(61)55(41)64-30-44)48-26-42-24-45(32-71-18-16-70(2)17-19-71)58(72)67-56(42)65-52(48)35-8-4-3-5-9-35/h3-15,20-31,69H,16-19,32-33H2,1-2H3,(H,65,67,72)(H,66,68,73). The number of aromatic nitrogens is 7. The monoisotopic (exact) mass is 1060 g/mol. The first-order valence-electron chi connectivity index (χ1n) is 24.6. The van der Waals surface area contributed by atoms with Gasteiger partial charge in [-0.3, -0.25) is 34.2 Å². The average molecular weight is 1060 g/mol. The first kappa shape index (κ1) is 48.7. The lowest BCUT2D eigenvalue weighted by atomic mass is 9.94. The normalized spacial score (nSPS) is 13.5. The van der Waals surface area contributed by atoms with Crippen LogP contribution < -0.4 is 15.8 Å². The number of aryl methyl sites for hydroxylation is 1. The smallest absolute Gasteiger partial charge is 0.254 e. The van der Waals surface area contributed by atoms with Crippen LogP contribution in [0.2, 0.25) is 10.0 Å². The van der Waals surface area contributed by atoms with Gasteiger partial charge in [-0.1, -0.05) is 77.8 Å². The summed E-state index contributed by atoms with van der Waals surface area (Å²) in [5.74, 6) is -0.584. The number of nitrogens with zero attached hydrogens (tertiary/aromatic N) is 7. The fourth-order valence-corrected chi connectivity index (χ4v) is 11.7. The second-order valence-corrected chi connectivity index (χ2v) is 21.8. The van der Waals surface area contributed by atoms with Crippen molar-refractivity contribution in [3.05, 3.63) is 200 Å². The van der Waals surface area contributed by atoms with E-state index >= 15 is 0 Å². The molecule has 3 N–H and O–H groups in total. The van der Waals surface area contributed by atoms with Gasteiger partial charge in [-0.15, -0.1) is 0 Å². The van der Waals surface area contributed by atoms with Crippen molar-refractivity contribution in [1.29, 1.82) is 0 Å². The Hall–Kier alpha value is -8.18. The van der Waals surface area contributed by atoms with E-state index in [0.29, 0.717) is 61.2 Å². The minimum absolute atomic E-state index is 0.0331. The zero-order valence-corrected chi connectivity index (χ0v) is 43.4. The van der Waals surface area contributed by atoms with Gasteiger partial charge in [0.15, 0.2) is 0 Å². The van der Waals surface area contributed by atoms with Gasteiger partial charge in [0.2, 0.25) is 10.0 Å². The van der Waals surface area contributed by atoms with Crippen LogP contribution in [0.4, 0.5) is 5.69 Å². The molecule has 12 rings (SSSR count). The predicted octanol–water partition coefficient (Wildman–Crippen LogP) is 11.3. The Labute approximate surface area is 446 Å². The van der Waals surface area contributed by atoms with Gasteiger partial charge < -0.3 is 14.9 Å². The van der Waals surface area contributed by atoms with Crippen LogP contribution in [0.25, 0.3) is 99.8 Å². The molecule has 1 fully saturated rings. The third kappa shape index (κ3) is 9.82. The summed E-state index contributed by atoms with van der Waals surface area (Å²) in [6, 6.07) is 42.2. The van der Waals surface area contributed by atoms with E-state index in [-0.39, 0.29) is 22.5 Å². The molecule has 1 saturated heterocycles. The molecule has 1 aliphatic heterocycles. The van der Waals surface area contributed by atoms with E-state index in [1.807, 2.05) is 97.1 Å². The molecule has 0 aliphatic carbocycles. The van der Waals surface area contributed by atoms with E-state index in [1.54, 1.807) is 37.5 Å². The third-order valence-electron chi connectivity index (χ3n) is 13.9. The number of halogens is 2. The highest BCUT2D eigenvalue weighted by Crippen LogP contribution is 2.40. The van der Waals surface area contributed by atoms with Gasteiger partial charge in [0.05, 0.1) is 50.1 Å². The molecule has 1 aliphatic rings. The van der Waals surface area contributed by atoms with Crippen LogP contribution in [0.15, 0.2) is 162 Å². The van der Waals surface area contributed by atoms with Crippen molar-refractivity contribution in [3.8, 4) is 55.9 Å². The molecule has 0 amide bonds. The molecule has 8 heterocycles. The highest BCUT2D eigenvalue weighted by atomic mass is 35.5. The molecule has 0 unspecified atom stereocenters. The van der Waals surface area contributed by atoms with E-state index in [9.17, 15) is 18.0 Å². The summed E-state index contributed by atoms with van der Waals surface area (Å²) in [4.78, 5) is 61.5. The van der Waals surface area contributed by atoms with E-state index < -0.39 is 21.3 Å². The molecule has 76 heavy (non-hydrogen) atoms. The van der Waals surface area contributed by atoms with Gasteiger partial charge in [-0.25, -0.2) is 18.4 Å². The van der Waals surface area contributed by atoms with Crippen molar-refractivity contribution in [3.63, 3.8) is 0 Å². The molecule has 14 nitrogen and oxygen atoms in total. The molecule has 0 radical (unpaired) electrons. The molecule has 11 aromatic rings. The van der Waals surface area contributed by atoms with Crippen molar-refractivity contribution < 1.29 is 8.42 Å². The van der Waals surface area contributed by atoms with Crippen molar-refractivity contribution in [1.82, 2.24) is 44.7 Å². The molecule has 376 valence electrons. The zero-order chi connectivity index (χ0) is 52.2. The molecular weight excluding hydrogens is 1020 g/mol. The number of sulfonamides is 1. The topological polar surface area (TPSA) is 183 Å². The van der Waals surface area contributed by atoms with Crippen molar-refractivity contribution in [2.45, 2.75) is 19.2 Å². The van der Waals surface area contributed by atoms with Crippen LogP contribution in [-0.2, 0) is 22.3 Å². The van der Waals surface area contributed by atoms with E-state index in [0.717, 1.165) is 87.0 Å². The molecule has 17 heteroatoms. The lowest BCUT2D eigenvalue weighted by Gasteiger charge is -2.32. The maximum absolute atomic E-state index is 13.7. The van der Waals surface area contributed by atoms with Gasteiger partial charge in [0.25, 0.3) is 11.1 Å². The van der Waals surface area contributed by atoms with Gasteiger partial charge in [0, 0.05) is 111 Å². The van der Waals surface area contributed by atoms with E-state index in [4.69, 9.17) is 38.2 Å². The first-order chi connectivity index (χ1) is 36.8. The third-order valence-corrected chi connectivity index (χ3v) is 15.7. The Morgan fingerprint density at radius 3 is 1.88 bits per heavy atom. The Balaban J connectivity index is 0.947. The van der Waals surface area contributed by atoms with Crippen LogP contribution in [0.1, 0.15) is 16.8 Å². The largest absolute Gasteiger partial charge is 0.306 e. The lowest BCUT2D eigenvalue weighted by molar-refractivity contribution is 0.148. The summed E-state index contributed by atoms with van der Waals surface area (Å²) in [5.41, 5.74) is 10.6. The molecule has 0 saturated carbocycles. The number of piperazine rings is 1. The number of hydrogen-bond acceptors (Lipinski definition) is 11. The molecule has 0 atom stereocenters. The number of aromatic amines is 2. The molecular formula is C59H46Cl2N10O4S. The van der Waals surface area contributed by atoms with E-state index in [1.165, 1.54) is 6.20 Å². The van der Waals surface area contributed by atoms with Crippen LogP contribution in [0, 0.1) is 6.92 Å². The Kier molecular flexibility index (Phi) is 12.7.